The van der Waals surface area contributed by atoms with Crippen molar-refractivity contribution in [1.29, 1.82) is 0 Å². The molecule has 0 amide bonds. The van der Waals surface area contributed by atoms with E-state index >= 15 is 0 Å². The van der Waals surface area contributed by atoms with Crippen LogP contribution in [0.1, 0.15) is 11.1 Å². The zero-order valence-corrected chi connectivity index (χ0v) is 11.9. The maximum absolute atomic E-state index is 11.6. The largest absolute Gasteiger partial charge is 0.492 e. The zero-order valence-electron chi connectivity index (χ0n) is 11.9. The lowest BCUT2D eigenvalue weighted by Crippen LogP contribution is -2.25. The van der Waals surface area contributed by atoms with Gasteiger partial charge in [0.2, 0.25) is 0 Å². The van der Waals surface area contributed by atoms with E-state index in [1.807, 2.05) is 31.2 Å². The molecule has 0 fully saturated rings. The summed E-state index contributed by atoms with van der Waals surface area (Å²) in [5.74, 6) is 6.46. The van der Waals surface area contributed by atoms with Crippen LogP contribution >= 0.6 is 0 Å². The Morgan fingerprint density at radius 2 is 2.10 bits per heavy atom. The van der Waals surface area contributed by atoms with E-state index in [-0.39, 0.29) is 5.56 Å². The van der Waals surface area contributed by atoms with Crippen LogP contribution in [0, 0.1) is 18.8 Å². The number of ether oxygens (including phenoxy) is 1. The predicted molar refractivity (Wildman–Crippen MR) is 81.1 cm³/mol. The first kappa shape index (κ1) is 14.8. The molecule has 0 saturated carbocycles. The van der Waals surface area contributed by atoms with Gasteiger partial charge >= 0.3 is 0 Å². The van der Waals surface area contributed by atoms with Gasteiger partial charge in [-0.05, 0) is 36.8 Å². The molecule has 2 N–H and O–H groups in total. The molecule has 2 rings (SSSR count). The van der Waals surface area contributed by atoms with Crippen molar-refractivity contribution < 1.29 is 4.74 Å². The second-order valence-electron chi connectivity index (χ2n) is 4.47. The molecule has 0 radical (unpaired) electrons. The van der Waals surface area contributed by atoms with Gasteiger partial charge in [0.15, 0.2) is 0 Å². The number of aromatic nitrogens is 2. The van der Waals surface area contributed by atoms with Gasteiger partial charge in [-0.3, -0.25) is 4.79 Å². The maximum atomic E-state index is 11.6. The standard InChI is InChI=1S/C16H17N3O2/c1-13-11-16(20)19(18-12-13)9-10-21-15-6-4-14(5-7-15)3-2-8-17/h4-7,11-12H,8-10,17H2,1H3. The minimum atomic E-state index is -0.119. The van der Waals surface area contributed by atoms with Gasteiger partial charge in [0, 0.05) is 11.6 Å². The van der Waals surface area contributed by atoms with Crippen molar-refractivity contribution in [3.8, 4) is 17.6 Å². The molecule has 1 aromatic carbocycles. The number of rotatable bonds is 4. The molecular weight excluding hydrogens is 266 g/mol. The third-order valence-corrected chi connectivity index (χ3v) is 2.77. The van der Waals surface area contributed by atoms with Gasteiger partial charge in [0.1, 0.15) is 12.4 Å². The molecule has 108 valence electrons. The summed E-state index contributed by atoms with van der Waals surface area (Å²) in [6.07, 6.45) is 1.66. The Bertz CT molecular complexity index is 709. The maximum Gasteiger partial charge on any atom is 0.267 e. The van der Waals surface area contributed by atoms with Crippen molar-refractivity contribution in [3.63, 3.8) is 0 Å². The Morgan fingerprint density at radius 1 is 1.33 bits per heavy atom. The Morgan fingerprint density at radius 3 is 2.76 bits per heavy atom. The van der Waals surface area contributed by atoms with E-state index in [1.165, 1.54) is 4.68 Å². The average Bonchev–Trinajstić information content (AvgIpc) is 2.48. The van der Waals surface area contributed by atoms with Gasteiger partial charge in [-0.1, -0.05) is 11.8 Å². The van der Waals surface area contributed by atoms with E-state index in [0.717, 1.165) is 16.9 Å². The minimum Gasteiger partial charge on any atom is -0.492 e. The Hall–Kier alpha value is -2.58. The van der Waals surface area contributed by atoms with Crippen LogP contribution in [0.5, 0.6) is 5.75 Å². The Labute approximate surface area is 123 Å². The van der Waals surface area contributed by atoms with Gasteiger partial charge < -0.3 is 10.5 Å². The SMILES string of the molecule is Cc1cnn(CCOc2ccc(C#CCN)cc2)c(=O)c1. The molecule has 0 unspecified atom stereocenters. The summed E-state index contributed by atoms with van der Waals surface area (Å²) in [5.41, 5.74) is 6.94. The molecule has 0 aliphatic rings. The van der Waals surface area contributed by atoms with Gasteiger partial charge in [0.05, 0.1) is 19.3 Å². The van der Waals surface area contributed by atoms with Crippen LogP contribution in [0.25, 0.3) is 0 Å². The molecule has 5 nitrogen and oxygen atoms in total. The third-order valence-electron chi connectivity index (χ3n) is 2.77. The molecule has 0 spiro atoms. The van der Waals surface area contributed by atoms with Gasteiger partial charge in [-0.25, -0.2) is 4.68 Å². The monoisotopic (exact) mass is 283 g/mol. The molecule has 2 aromatic rings. The second-order valence-corrected chi connectivity index (χ2v) is 4.47. The quantitative estimate of drug-likeness (QED) is 0.848. The normalized spacial score (nSPS) is 9.81. The fraction of sp³-hybridized carbons (Fsp3) is 0.250. The second kappa shape index (κ2) is 7.27. The molecule has 0 saturated heterocycles. The molecule has 1 heterocycles. The molecule has 0 aliphatic heterocycles. The number of aryl methyl sites for hydroxylation is 1. The fourth-order valence-corrected chi connectivity index (χ4v) is 1.73. The summed E-state index contributed by atoms with van der Waals surface area (Å²) in [6.45, 7) is 2.97. The lowest BCUT2D eigenvalue weighted by Gasteiger charge is -2.07. The van der Waals surface area contributed by atoms with Crippen LogP contribution in [0.2, 0.25) is 0 Å². The van der Waals surface area contributed by atoms with Crippen LogP contribution in [-0.2, 0) is 6.54 Å². The summed E-state index contributed by atoms with van der Waals surface area (Å²) < 4.78 is 6.97. The van der Waals surface area contributed by atoms with E-state index < -0.39 is 0 Å². The zero-order chi connectivity index (χ0) is 15.1. The molecule has 21 heavy (non-hydrogen) atoms. The lowest BCUT2D eigenvalue weighted by atomic mass is 10.2. The minimum absolute atomic E-state index is 0.119. The van der Waals surface area contributed by atoms with Crippen LogP contribution in [-0.4, -0.2) is 22.9 Å². The van der Waals surface area contributed by atoms with E-state index in [9.17, 15) is 4.79 Å². The van der Waals surface area contributed by atoms with E-state index in [1.54, 1.807) is 12.3 Å². The summed E-state index contributed by atoms with van der Waals surface area (Å²) in [4.78, 5) is 11.6. The van der Waals surface area contributed by atoms with Crippen LogP contribution in [0.4, 0.5) is 0 Å². The topological polar surface area (TPSA) is 70.1 Å². The van der Waals surface area contributed by atoms with Crippen molar-refractivity contribution in [2.45, 2.75) is 13.5 Å². The highest BCUT2D eigenvalue weighted by molar-refractivity contribution is 5.38. The van der Waals surface area contributed by atoms with Crippen LogP contribution in [0.15, 0.2) is 41.3 Å². The first-order valence-corrected chi connectivity index (χ1v) is 6.64. The lowest BCUT2D eigenvalue weighted by molar-refractivity contribution is 0.287. The number of benzene rings is 1. The first-order valence-electron chi connectivity index (χ1n) is 6.64. The van der Waals surface area contributed by atoms with E-state index in [0.29, 0.717) is 19.7 Å². The Balaban J connectivity index is 1.90. The number of nitrogens with two attached hydrogens (primary N) is 1. The number of hydrogen-bond acceptors (Lipinski definition) is 4. The summed E-state index contributed by atoms with van der Waals surface area (Å²) >= 11 is 0. The van der Waals surface area contributed by atoms with Crippen molar-refractivity contribution in [3.05, 3.63) is 58.0 Å². The third kappa shape index (κ3) is 4.48. The van der Waals surface area contributed by atoms with Gasteiger partial charge in [-0.2, -0.15) is 5.10 Å². The van der Waals surface area contributed by atoms with Crippen LogP contribution < -0.4 is 16.0 Å². The van der Waals surface area contributed by atoms with Gasteiger partial charge in [0.25, 0.3) is 5.56 Å². The summed E-state index contributed by atoms with van der Waals surface area (Å²) in [5, 5.41) is 4.05. The van der Waals surface area contributed by atoms with E-state index in [2.05, 4.69) is 16.9 Å². The molecule has 0 aliphatic carbocycles. The van der Waals surface area contributed by atoms with E-state index in [4.69, 9.17) is 10.5 Å². The predicted octanol–water partition coefficient (Wildman–Crippen LogP) is 0.941. The smallest absolute Gasteiger partial charge is 0.267 e. The van der Waals surface area contributed by atoms with Crippen molar-refractivity contribution in [2.24, 2.45) is 5.73 Å². The molecule has 1 aromatic heterocycles. The highest BCUT2D eigenvalue weighted by atomic mass is 16.5. The highest BCUT2D eigenvalue weighted by Gasteiger charge is 1.99. The molecule has 0 atom stereocenters. The number of nitrogens with zero attached hydrogens (tertiary/aromatic N) is 2. The van der Waals surface area contributed by atoms with Crippen molar-refractivity contribution in [2.75, 3.05) is 13.2 Å². The van der Waals surface area contributed by atoms with Crippen molar-refractivity contribution >= 4 is 0 Å². The Kier molecular flexibility index (Phi) is 5.13. The first-order chi connectivity index (χ1) is 10.2. The highest BCUT2D eigenvalue weighted by Crippen LogP contribution is 2.11. The molecular formula is C16H17N3O2. The number of hydrogen-bond donors (Lipinski definition) is 1. The van der Waals surface area contributed by atoms with Gasteiger partial charge in [-0.15, -0.1) is 0 Å². The molecule has 0 bridgehead atoms. The summed E-state index contributed by atoms with van der Waals surface area (Å²) in [7, 11) is 0. The van der Waals surface area contributed by atoms with Crippen molar-refractivity contribution in [1.82, 2.24) is 9.78 Å². The average molecular weight is 283 g/mol. The van der Waals surface area contributed by atoms with Crippen LogP contribution in [0.3, 0.4) is 0 Å². The summed E-state index contributed by atoms with van der Waals surface area (Å²) in [6, 6.07) is 8.97. The molecule has 5 heteroatoms. The fourth-order valence-electron chi connectivity index (χ4n) is 1.73.